The molecule has 1 aromatic heterocycles. The Morgan fingerprint density at radius 3 is 2.35 bits per heavy atom. The Morgan fingerprint density at radius 2 is 1.70 bits per heavy atom. The number of carboxylic acid groups (broad SMARTS) is 1. The first-order valence-corrected chi connectivity index (χ1v) is 13.5. The van der Waals surface area contributed by atoms with Crippen molar-refractivity contribution in [1.29, 1.82) is 0 Å². The van der Waals surface area contributed by atoms with Crippen LogP contribution in [0.25, 0.3) is 17.0 Å². The highest BCUT2D eigenvalue weighted by atomic mass is 19.4. The fraction of sp³-hybridized carbons (Fsp3) is 0.400. The van der Waals surface area contributed by atoms with Gasteiger partial charge in [0.15, 0.2) is 0 Å². The van der Waals surface area contributed by atoms with Crippen molar-refractivity contribution in [3.05, 3.63) is 77.2 Å². The number of carboxylic acids is 1. The lowest BCUT2D eigenvalue weighted by atomic mass is 9.84. The Bertz CT molecular complexity index is 1400. The average Bonchev–Trinajstić information content (AvgIpc) is 3.36. The number of hydrogen-bond donors (Lipinski definition) is 2. The maximum absolute atomic E-state index is 13.8. The molecule has 5 rings (SSSR count). The highest BCUT2D eigenvalue weighted by Gasteiger charge is 2.38. The number of likely N-dealkylation sites (tertiary alicyclic amines) is 2. The first kappa shape index (κ1) is 27.9. The largest absolute Gasteiger partial charge is 0.480 e. The third kappa shape index (κ3) is 5.91. The lowest BCUT2D eigenvalue weighted by Crippen LogP contribution is -2.52. The van der Waals surface area contributed by atoms with Gasteiger partial charge in [0.25, 0.3) is 0 Å². The number of carbonyl (C=O) groups excluding carboxylic acids is 1. The van der Waals surface area contributed by atoms with Crippen molar-refractivity contribution >= 4 is 28.9 Å². The van der Waals surface area contributed by atoms with Gasteiger partial charge in [-0.2, -0.15) is 13.2 Å². The van der Waals surface area contributed by atoms with Crippen LogP contribution < -0.4 is 0 Å². The Morgan fingerprint density at radius 1 is 1.00 bits per heavy atom. The normalized spacial score (nSPS) is 18.9. The zero-order valence-corrected chi connectivity index (χ0v) is 21.8. The molecule has 0 bridgehead atoms. The summed E-state index contributed by atoms with van der Waals surface area (Å²) in [6.07, 6.45) is 2.60. The molecule has 6 nitrogen and oxygen atoms in total. The maximum Gasteiger partial charge on any atom is 0.419 e. The number of aliphatic carboxylic acids is 1. The van der Waals surface area contributed by atoms with Crippen molar-refractivity contribution in [2.24, 2.45) is 5.92 Å². The molecular formula is C30H31F4N3O3. The zero-order valence-electron chi connectivity index (χ0n) is 21.8. The topological polar surface area (TPSA) is 76.6 Å². The van der Waals surface area contributed by atoms with Gasteiger partial charge in [0, 0.05) is 36.3 Å². The molecule has 2 saturated heterocycles. The molecule has 0 saturated carbocycles. The predicted molar refractivity (Wildman–Crippen MR) is 143 cm³/mol. The molecule has 1 unspecified atom stereocenters. The van der Waals surface area contributed by atoms with Gasteiger partial charge < -0.3 is 15.0 Å². The minimum absolute atomic E-state index is 0.0980. The van der Waals surface area contributed by atoms with E-state index in [4.69, 9.17) is 0 Å². The number of amides is 1. The number of fused-ring (bicyclic) bond motifs is 1. The van der Waals surface area contributed by atoms with Crippen LogP contribution in [0.3, 0.4) is 0 Å². The first-order valence-electron chi connectivity index (χ1n) is 13.5. The molecule has 1 atom stereocenters. The molecule has 2 N–H and O–H groups in total. The van der Waals surface area contributed by atoms with Gasteiger partial charge >= 0.3 is 12.1 Å². The molecule has 10 heteroatoms. The van der Waals surface area contributed by atoms with E-state index in [-0.39, 0.29) is 17.4 Å². The van der Waals surface area contributed by atoms with Crippen molar-refractivity contribution in [2.45, 2.75) is 43.8 Å². The standard InChI is InChI=1S/C30H31F4N3O3/c31-25-17-19(5-7-24(25)30(32,33)34)6-8-27(38)36-13-11-21(12-14-36)28(29(39)40)37-15-9-20(10-16-37)23-18-35-26-4-2-1-3-22(23)26/h1-8,17-18,20-21,28,35H,9-16H2,(H,39,40)/b8-6+. The van der Waals surface area contributed by atoms with Crippen LogP contribution in [0, 0.1) is 11.7 Å². The summed E-state index contributed by atoms with van der Waals surface area (Å²) in [5.41, 5.74) is 1.18. The average molecular weight is 558 g/mol. The molecule has 0 spiro atoms. The molecule has 0 aliphatic carbocycles. The summed E-state index contributed by atoms with van der Waals surface area (Å²) in [7, 11) is 0. The van der Waals surface area contributed by atoms with E-state index in [9.17, 15) is 32.3 Å². The van der Waals surface area contributed by atoms with Gasteiger partial charge in [-0.15, -0.1) is 0 Å². The maximum atomic E-state index is 13.8. The summed E-state index contributed by atoms with van der Waals surface area (Å²) in [6, 6.07) is 10.1. The molecule has 3 aromatic rings. The van der Waals surface area contributed by atoms with Crippen LogP contribution in [0.5, 0.6) is 0 Å². The summed E-state index contributed by atoms with van der Waals surface area (Å²) in [5, 5.41) is 11.3. The van der Waals surface area contributed by atoms with E-state index in [2.05, 4.69) is 28.2 Å². The molecule has 2 aromatic carbocycles. The summed E-state index contributed by atoms with van der Waals surface area (Å²) >= 11 is 0. The van der Waals surface area contributed by atoms with Crippen LogP contribution in [0.1, 0.15) is 48.3 Å². The lowest BCUT2D eigenvalue weighted by Gasteiger charge is -2.41. The number of rotatable bonds is 6. The molecule has 0 radical (unpaired) electrons. The van der Waals surface area contributed by atoms with Gasteiger partial charge in [0.1, 0.15) is 11.9 Å². The summed E-state index contributed by atoms with van der Waals surface area (Å²) in [5.74, 6) is -2.32. The van der Waals surface area contributed by atoms with E-state index in [0.717, 1.165) is 30.5 Å². The number of para-hydroxylation sites is 1. The number of piperidine rings is 2. The van der Waals surface area contributed by atoms with Gasteiger partial charge in [-0.3, -0.25) is 14.5 Å². The molecular weight excluding hydrogens is 526 g/mol. The van der Waals surface area contributed by atoms with Crippen LogP contribution in [0.4, 0.5) is 17.6 Å². The minimum Gasteiger partial charge on any atom is -0.480 e. The number of hydrogen-bond acceptors (Lipinski definition) is 3. The van der Waals surface area contributed by atoms with Crippen molar-refractivity contribution in [3.8, 4) is 0 Å². The number of nitrogens with zero attached hydrogens (tertiary/aromatic N) is 2. The van der Waals surface area contributed by atoms with Crippen molar-refractivity contribution in [2.75, 3.05) is 26.2 Å². The fourth-order valence-corrected chi connectivity index (χ4v) is 6.15. The number of alkyl halides is 3. The number of H-pyrrole nitrogens is 1. The fourth-order valence-electron chi connectivity index (χ4n) is 6.15. The number of nitrogens with one attached hydrogen (secondary N) is 1. The van der Waals surface area contributed by atoms with Crippen molar-refractivity contribution in [1.82, 2.24) is 14.8 Å². The first-order chi connectivity index (χ1) is 19.1. The molecule has 212 valence electrons. The van der Waals surface area contributed by atoms with E-state index in [1.54, 1.807) is 4.90 Å². The molecule has 1 amide bonds. The number of aromatic nitrogens is 1. The second kappa shape index (κ2) is 11.4. The Labute approximate surface area is 229 Å². The van der Waals surface area contributed by atoms with Crippen molar-refractivity contribution in [3.63, 3.8) is 0 Å². The van der Waals surface area contributed by atoms with Crippen LogP contribution in [0.15, 0.2) is 54.7 Å². The molecule has 2 aliphatic heterocycles. The lowest BCUT2D eigenvalue weighted by molar-refractivity contribution is -0.147. The van der Waals surface area contributed by atoms with Crippen LogP contribution >= 0.6 is 0 Å². The van der Waals surface area contributed by atoms with Gasteiger partial charge in [-0.25, -0.2) is 4.39 Å². The zero-order chi connectivity index (χ0) is 28.4. The second-order valence-corrected chi connectivity index (χ2v) is 10.6. The smallest absolute Gasteiger partial charge is 0.419 e. The quantitative estimate of drug-likeness (QED) is 0.292. The summed E-state index contributed by atoms with van der Waals surface area (Å²) < 4.78 is 52.1. The van der Waals surface area contributed by atoms with E-state index in [1.165, 1.54) is 23.1 Å². The number of benzene rings is 2. The molecule has 2 aliphatic rings. The van der Waals surface area contributed by atoms with Crippen molar-refractivity contribution < 1.29 is 32.3 Å². The summed E-state index contributed by atoms with van der Waals surface area (Å²) in [6.45, 7) is 2.13. The van der Waals surface area contributed by atoms with Crippen LogP contribution in [0.2, 0.25) is 0 Å². The Hall–Kier alpha value is -3.66. The third-order valence-corrected chi connectivity index (χ3v) is 8.25. The second-order valence-electron chi connectivity index (χ2n) is 10.6. The summed E-state index contributed by atoms with van der Waals surface area (Å²) in [4.78, 5) is 32.0. The predicted octanol–water partition coefficient (Wildman–Crippen LogP) is 5.91. The Balaban J connectivity index is 1.15. The van der Waals surface area contributed by atoms with E-state index < -0.39 is 29.6 Å². The van der Waals surface area contributed by atoms with Gasteiger partial charge in [-0.1, -0.05) is 24.3 Å². The Kier molecular flexibility index (Phi) is 7.98. The highest BCUT2D eigenvalue weighted by Crippen LogP contribution is 2.36. The molecule has 40 heavy (non-hydrogen) atoms. The molecule has 2 fully saturated rings. The van der Waals surface area contributed by atoms with Gasteiger partial charge in [0.2, 0.25) is 5.91 Å². The monoisotopic (exact) mass is 557 g/mol. The number of aromatic amines is 1. The van der Waals surface area contributed by atoms with Gasteiger partial charge in [-0.05, 0) is 86.0 Å². The van der Waals surface area contributed by atoms with E-state index >= 15 is 0 Å². The van der Waals surface area contributed by atoms with E-state index in [1.807, 2.05) is 12.1 Å². The number of carbonyl (C=O) groups is 2. The van der Waals surface area contributed by atoms with Crippen LogP contribution in [-0.4, -0.2) is 64.0 Å². The number of halogens is 4. The minimum atomic E-state index is -4.78. The molecule has 3 heterocycles. The third-order valence-electron chi connectivity index (χ3n) is 8.25. The highest BCUT2D eigenvalue weighted by molar-refractivity contribution is 5.92. The SMILES string of the molecule is O=C(O)C(C1CCN(C(=O)/C=C/c2ccc(C(F)(F)F)c(F)c2)CC1)N1CCC(c2c[nH]c3ccccc23)CC1. The van der Waals surface area contributed by atoms with Gasteiger partial charge in [0.05, 0.1) is 5.56 Å². The van der Waals surface area contributed by atoms with E-state index in [0.29, 0.717) is 51.0 Å². The van der Waals surface area contributed by atoms with Crippen LogP contribution in [-0.2, 0) is 15.8 Å².